The molecule has 1 aromatic carbocycles. The van der Waals surface area contributed by atoms with Crippen molar-refractivity contribution in [2.24, 2.45) is 11.3 Å². The molecule has 0 radical (unpaired) electrons. The second-order valence-corrected chi connectivity index (χ2v) is 10.1. The van der Waals surface area contributed by atoms with E-state index in [4.69, 9.17) is 0 Å². The summed E-state index contributed by atoms with van der Waals surface area (Å²) < 4.78 is 0. The largest absolute Gasteiger partial charge is 0.322 e. The third kappa shape index (κ3) is 3.48. The summed E-state index contributed by atoms with van der Waals surface area (Å²) in [6.45, 7) is 9.22. The Labute approximate surface area is 183 Å². The zero-order valence-electron chi connectivity index (χ0n) is 18.4. The van der Waals surface area contributed by atoms with Crippen molar-refractivity contribution in [3.63, 3.8) is 0 Å². The standard InChI is InChI=1S/C24H32N4O3/c1-15(2)21-24(14-25-21)8-10-27(11-9-24)12-16-4-3-5-17-18(16)13-28(23(17)31)19-6-7-20(29)26-22(19)30/h3-5,15,19,21,25H,6-14H2,1-2H3,(H,26,29,30). The number of likely N-dealkylation sites (tertiary alicyclic amines) is 1. The summed E-state index contributed by atoms with van der Waals surface area (Å²) in [5.74, 6) is -0.0318. The van der Waals surface area contributed by atoms with Gasteiger partial charge in [-0.25, -0.2) is 0 Å². The minimum Gasteiger partial charge on any atom is -0.322 e. The number of nitrogens with zero attached hydrogens (tertiary/aromatic N) is 2. The van der Waals surface area contributed by atoms with E-state index >= 15 is 0 Å². The van der Waals surface area contributed by atoms with Crippen LogP contribution in [0.2, 0.25) is 0 Å². The third-order valence-electron chi connectivity index (χ3n) is 7.93. The summed E-state index contributed by atoms with van der Waals surface area (Å²) >= 11 is 0. The third-order valence-corrected chi connectivity index (χ3v) is 7.93. The maximum Gasteiger partial charge on any atom is 0.255 e. The molecule has 7 nitrogen and oxygen atoms in total. The first-order valence-corrected chi connectivity index (χ1v) is 11.6. The number of nitrogens with one attached hydrogen (secondary N) is 2. The first-order chi connectivity index (χ1) is 14.9. The van der Waals surface area contributed by atoms with E-state index in [0.29, 0.717) is 35.9 Å². The number of imide groups is 1. The number of benzene rings is 1. The molecule has 2 atom stereocenters. The van der Waals surface area contributed by atoms with Gasteiger partial charge < -0.3 is 10.2 Å². The first-order valence-electron chi connectivity index (χ1n) is 11.6. The molecule has 3 saturated heterocycles. The van der Waals surface area contributed by atoms with E-state index < -0.39 is 6.04 Å². The lowest BCUT2D eigenvalue weighted by Gasteiger charge is -2.56. The minimum atomic E-state index is -0.556. The van der Waals surface area contributed by atoms with Crippen molar-refractivity contribution < 1.29 is 14.4 Å². The van der Waals surface area contributed by atoms with Crippen LogP contribution in [0.3, 0.4) is 0 Å². The van der Waals surface area contributed by atoms with E-state index in [9.17, 15) is 14.4 Å². The Balaban J connectivity index is 1.27. The molecule has 0 bridgehead atoms. The Morgan fingerprint density at radius 1 is 1.16 bits per heavy atom. The Bertz CT molecular complexity index is 919. The van der Waals surface area contributed by atoms with Crippen LogP contribution in [0.5, 0.6) is 0 Å². The summed E-state index contributed by atoms with van der Waals surface area (Å²) in [4.78, 5) is 41.0. The van der Waals surface area contributed by atoms with Crippen LogP contribution in [0, 0.1) is 11.3 Å². The quantitative estimate of drug-likeness (QED) is 0.719. The normalized spacial score (nSPS) is 28.1. The lowest BCUT2D eigenvalue weighted by molar-refractivity contribution is -0.136. The second kappa shape index (κ2) is 7.71. The Kier molecular flexibility index (Phi) is 5.13. The second-order valence-electron chi connectivity index (χ2n) is 10.1. The number of rotatable bonds is 4. The summed E-state index contributed by atoms with van der Waals surface area (Å²) in [6, 6.07) is 6.02. The van der Waals surface area contributed by atoms with Crippen LogP contribution in [0.15, 0.2) is 18.2 Å². The van der Waals surface area contributed by atoms with Crippen LogP contribution in [-0.2, 0) is 22.7 Å². The zero-order chi connectivity index (χ0) is 21.8. The van der Waals surface area contributed by atoms with E-state index in [1.54, 1.807) is 4.90 Å². The van der Waals surface area contributed by atoms with Crippen LogP contribution in [0.25, 0.3) is 0 Å². The van der Waals surface area contributed by atoms with Crippen molar-refractivity contribution in [1.82, 2.24) is 20.4 Å². The number of fused-ring (bicyclic) bond motifs is 1. The fourth-order valence-electron chi connectivity index (χ4n) is 6.13. The van der Waals surface area contributed by atoms with E-state index in [2.05, 4.69) is 35.4 Å². The van der Waals surface area contributed by atoms with Gasteiger partial charge >= 0.3 is 0 Å². The van der Waals surface area contributed by atoms with Gasteiger partial charge in [-0.15, -0.1) is 0 Å². The molecule has 31 heavy (non-hydrogen) atoms. The summed E-state index contributed by atoms with van der Waals surface area (Å²) in [5.41, 5.74) is 3.40. The fourth-order valence-corrected chi connectivity index (χ4v) is 6.13. The summed E-state index contributed by atoms with van der Waals surface area (Å²) in [6.07, 6.45) is 3.13. The molecule has 4 aliphatic rings. The number of hydrogen-bond acceptors (Lipinski definition) is 5. The van der Waals surface area contributed by atoms with Gasteiger partial charge in [0.25, 0.3) is 5.91 Å². The molecule has 1 spiro atoms. The van der Waals surface area contributed by atoms with Gasteiger partial charge in [0, 0.05) is 43.1 Å². The van der Waals surface area contributed by atoms with Gasteiger partial charge in [0.1, 0.15) is 6.04 Å². The smallest absolute Gasteiger partial charge is 0.255 e. The highest BCUT2D eigenvalue weighted by atomic mass is 16.2. The van der Waals surface area contributed by atoms with E-state index in [1.807, 2.05) is 12.1 Å². The summed E-state index contributed by atoms with van der Waals surface area (Å²) in [5, 5.41) is 6.01. The number of amides is 3. The van der Waals surface area contributed by atoms with Crippen molar-refractivity contribution in [2.75, 3.05) is 19.6 Å². The van der Waals surface area contributed by atoms with Gasteiger partial charge in [0.15, 0.2) is 0 Å². The molecule has 5 rings (SSSR count). The van der Waals surface area contributed by atoms with Crippen LogP contribution in [0.1, 0.15) is 61.0 Å². The summed E-state index contributed by atoms with van der Waals surface area (Å²) in [7, 11) is 0. The monoisotopic (exact) mass is 424 g/mol. The van der Waals surface area contributed by atoms with E-state index in [-0.39, 0.29) is 24.1 Å². The highest BCUT2D eigenvalue weighted by molar-refractivity contribution is 6.05. The van der Waals surface area contributed by atoms with Crippen molar-refractivity contribution in [3.05, 3.63) is 34.9 Å². The SMILES string of the molecule is CC(C)C1NCC12CCN(Cc1cccc3c1CN(C1CCC(=O)NC1=O)C3=O)CC2. The molecule has 0 aromatic heterocycles. The molecule has 0 aliphatic carbocycles. The Morgan fingerprint density at radius 3 is 2.58 bits per heavy atom. The van der Waals surface area contributed by atoms with Gasteiger partial charge in [-0.05, 0) is 55.5 Å². The highest BCUT2D eigenvalue weighted by Crippen LogP contribution is 2.43. The molecule has 2 unspecified atom stereocenters. The van der Waals surface area contributed by atoms with E-state index in [0.717, 1.165) is 31.7 Å². The molecule has 0 saturated carbocycles. The van der Waals surface area contributed by atoms with Crippen molar-refractivity contribution >= 4 is 17.7 Å². The maximum atomic E-state index is 13.0. The van der Waals surface area contributed by atoms with Crippen LogP contribution in [-0.4, -0.2) is 59.2 Å². The molecule has 2 N–H and O–H groups in total. The predicted octanol–water partition coefficient (Wildman–Crippen LogP) is 1.66. The average Bonchev–Trinajstić information content (AvgIpc) is 3.05. The van der Waals surface area contributed by atoms with Crippen molar-refractivity contribution in [3.8, 4) is 0 Å². The van der Waals surface area contributed by atoms with Crippen LogP contribution >= 0.6 is 0 Å². The lowest BCUT2D eigenvalue weighted by atomic mass is 9.63. The topological polar surface area (TPSA) is 81.8 Å². The van der Waals surface area contributed by atoms with Gasteiger partial charge in [-0.2, -0.15) is 0 Å². The Hall–Kier alpha value is -2.25. The van der Waals surface area contributed by atoms with Gasteiger partial charge in [0.2, 0.25) is 11.8 Å². The molecule has 3 fully saturated rings. The Morgan fingerprint density at radius 2 is 1.94 bits per heavy atom. The molecule has 4 aliphatic heterocycles. The van der Waals surface area contributed by atoms with Crippen molar-refractivity contribution in [1.29, 1.82) is 0 Å². The van der Waals surface area contributed by atoms with Crippen LogP contribution < -0.4 is 10.6 Å². The first kappa shape index (κ1) is 20.6. The lowest BCUT2D eigenvalue weighted by Crippen LogP contribution is -2.67. The number of piperidine rings is 2. The number of carbonyl (C=O) groups excluding carboxylic acids is 3. The molecular weight excluding hydrogens is 392 g/mol. The molecule has 1 aromatic rings. The zero-order valence-corrected chi connectivity index (χ0v) is 18.4. The van der Waals surface area contributed by atoms with E-state index in [1.165, 1.54) is 18.4 Å². The molecule has 166 valence electrons. The highest BCUT2D eigenvalue weighted by Gasteiger charge is 2.49. The number of carbonyl (C=O) groups is 3. The van der Waals surface area contributed by atoms with Gasteiger partial charge in [0.05, 0.1) is 0 Å². The molecule has 3 amide bonds. The van der Waals surface area contributed by atoms with Gasteiger partial charge in [-0.3, -0.25) is 24.6 Å². The minimum absolute atomic E-state index is 0.0933. The average molecular weight is 425 g/mol. The maximum absolute atomic E-state index is 13.0. The van der Waals surface area contributed by atoms with Crippen molar-refractivity contribution in [2.45, 2.75) is 64.7 Å². The predicted molar refractivity (Wildman–Crippen MR) is 116 cm³/mol. The fraction of sp³-hybridized carbons (Fsp3) is 0.625. The van der Waals surface area contributed by atoms with Gasteiger partial charge in [-0.1, -0.05) is 26.0 Å². The van der Waals surface area contributed by atoms with Crippen LogP contribution in [0.4, 0.5) is 0 Å². The molecule has 4 heterocycles. The number of hydrogen-bond donors (Lipinski definition) is 2. The molecular formula is C24H32N4O3. The molecule has 7 heteroatoms.